The van der Waals surface area contributed by atoms with Gasteiger partial charge in [0.05, 0.1) is 16.4 Å². The van der Waals surface area contributed by atoms with E-state index in [1.807, 2.05) is 18.2 Å². The number of carbonyl (C=O) groups excluding carboxylic acids is 1. The summed E-state index contributed by atoms with van der Waals surface area (Å²) in [5.41, 5.74) is 3.30. The lowest BCUT2D eigenvalue weighted by molar-refractivity contribution is 0.104. The molecule has 0 saturated heterocycles. The zero-order valence-corrected chi connectivity index (χ0v) is 18.0. The normalized spacial score (nSPS) is 16.0. The first kappa shape index (κ1) is 20.3. The highest BCUT2D eigenvalue weighted by atomic mass is 79.9. The fourth-order valence-electron chi connectivity index (χ4n) is 3.39. The number of rotatable bonds is 6. The van der Waals surface area contributed by atoms with E-state index < -0.39 is 0 Å². The molecule has 0 spiro atoms. The Morgan fingerprint density at radius 3 is 2.71 bits per heavy atom. The van der Waals surface area contributed by atoms with Gasteiger partial charge in [-0.3, -0.25) is 4.79 Å². The Bertz CT molecular complexity index is 1050. The third kappa shape index (κ3) is 4.02. The molecule has 0 bridgehead atoms. The lowest BCUT2D eigenvalue weighted by Gasteiger charge is -2.01. The summed E-state index contributed by atoms with van der Waals surface area (Å²) in [4.78, 5) is 17.3. The SMILES string of the molecule is [C-]#[N+]/C(C#N)=C1\C(=C\c2cc(CCCCCC)c(Br)s2)C(=O)c2ccccc21. The fraction of sp³-hybridized carbons (Fsp3) is 0.261. The quantitative estimate of drug-likeness (QED) is 0.204. The number of hydrogen-bond acceptors (Lipinski definition) is 3. The number of Topliss-reactive ketones (excluding diaryl/α,β-unsaturated/α-hetero) is 1. The molecule has 3 nitrogen and oxygen atoms in total. The summed E-state index contributed by atoms with van der Waals surface area (Å²) < 4.78 is 1.08. The molecule has 3 rings (SSSR count). The van der Waals surface area contributed by atoms with E-state index in [1.165, 1.54) is 24.8 Å². The molecular weight excluding hydrogens is 432 g/mol. The first-order valence-electron chi connectivity index (χ1n) is 9.26. The van der Waals surface area contributed by atoms with Gasteiger partial charge in [0.15, 0.2) is 5.78 Å². The largest absolute Gasteiger partial charge is 0.289 e. The zero-order valence-electron chi connectivity index (χ0n) is 15.6. The Morgan fingerprint density at radius 2 is 2.04 bits per heavy atom. The van der Waals surface area contributed by atoms with Gasteiger partial charge in [-0.2, -0.15) is 0 Å². The molecule has 1 aliphatic carbocycles. The summed E-state index contributed by atoms with van der Waals surface area (Å²) in [5.74, 6) is -0.129. The van der Waals surface area contributed by atoms with Crippen LogP contribution in [0.2, 0.25) is 0 Å². The maximum atomic E-state index is 13.0. The van der Waals surface area contributed by atoms with Crippen LogP contribution in [0, 0.1) is 17.9 Å². The van der Waals surface area contributed by atoms with Crippen LogP contribution in [0.4, 0.5) is 0 Å². The summed E-state index contributed by atoms with van der Waals surface area (Å²) >= 11 is 5.22. The number of nitrogens with zero attached hydrogens (tertiary/aromatic N) is 2. The van der Waals surface area contributed by atoms with Gasteiger partial charge in [0.2, 0.25) is 0 Å². The molecular formula is C23H19BrN2OS. The Kier molecular flexibility index (Phi) is 6.62. The molecule has 28 heavy (non-hydrogen) atoms. The van der Waals surface area contributed by atoms with Gasteiger partial charge >= 0.3 is 0 Å². The average molecular weight is 451 g/mol. The standard InChI is InChI=1S/C23H19BrN2OS/c1-3-4-5-6-9-15-12-16(28-23(15)24)13-19-21(20(14-25)26-2)17-10-7-8-11-18(17)22(19)27/h7-8,10-13H,3-6,9H2,1H3/b19-13-,21-20-. The van der Waals surface area contributed by atoms with Crippen molar-refractivity contribution in [2.45, 2.75) is 39.0 Å². The highest BCUT2D eigenvalue weighted by molar-refractivity contribution is 9.11. The molecule has 1 heterocycles. The second-order valence-corrected chi connectivity index (χ2v) is 9.04. The van der Waals surface area contributed by atoms with Crippen LogP contribution in [0.3, 0.4) is 0 Å². The molecule has 1 aromatic carbocycles. The molecule has 140 valence electrons. The lowest BCUT2D eigenvalue weighted by Crippen LogP contribution is -1.95. The van der Waals surface area contributed by atoms with Crippen LogP contribution in [0.1, 0.15) is 59.0 Å². The molecule has 0 unspecified atom stereocenters. The second kappa shape index (κ2) is 9.15. The van der Waals surface area contributed by atoms with Crippen molar-refractivity contribution < 1.29 is 4.79 Å². The molecule has 0 atom stereocenters. The number of unbranched alkanes of at least 4 members (excludes halogenated alkanes) is 3. The van der Waals surface area contributed by atoms with Gasteiger partial charge in [-0.15, -0.1) is 11.3 Å². The molecule has 2 aromatic rings. The number of hydrogen-bond donors (Lipinski definition) is 0. The molecule has 0 N–H and O–H groups in total. The number of benzene rings is 1. The molecule has 0 amide bonds. The summed E-state index contributed by atoms with van der Waals surface area (Å²) in [5, 5.41) is 9.41. The van der Waals surface area contributed by atoms with Crippen molar-refractivity contribution in [2.75, 3.05) is 0 Å². The number of ketones is 1. The van der Waals surface area contributed by atoms with Crippen LogP contribution < -0.4 is 0 Å². The second-order valence-electron chi connectivity index (χ2n) is 6.64. The highest BCUT2D eigenvalue weighted by Gasteiger charge is 2.32. The predicted molar refractivity (Wildman–Crippen MR) is 118 cm³/mol. The van der Waals surface area contributed by atoms with E-state index in [9.17, 15) is 10.1 Å². The Morgan fingerprint density at radius 1 is 1.29 bits per heavy atom. The van der Waals surface area contributed by atoms with E-state index in [2.05, 4.69) is 33.8 Å². The summed E-state index contributed by atoms with van der Waals surface area (Å²) in [6.45, 7) is 9.55. The van der Waals surface area contributed by atoms with E-state index >= 15 is 0 Å². The number of thiophene rings is 1. The Hall–Kier alpha value is -2.47. The number of fused-ring (bicyclic) bond motifs is 1. The van der Waals surface area contributed by atoms with Crippen molar-refractivity contribution in [3.05, 3.63) is 78.4 Å². The van der Waals surface area contributed by atoms with E-state index in [1.54, 1.807) is 29.5 Å². The molecule has 5 heteroatoms. The molecule has 1 aromatic heterocycles. The van der Waals surface area contributed by atoms with E-state index in [0.717, 1.165) is 21.5 Å². The van der Waals surface area contributed by atoms with Crippen molar-refractivity contribution in [2.24, 2.45) is 0 Å². The molecule has 0 saturated carbocycles. The van der Waals surface area contributed by atoms with Crippen molar-refractivity contribution in [3.8, 4) is 6.07 Å². The van der Waals surface area contributed by atoms with Crippen molar-refractivity contribution in [1.29, 1.82) is 5.26 Å². The highest BCUT2D eigenvalue weighted by Crippen LogP contribution is 2.41. The van der Waals surface area contributed by atoms with Crippen LogP contribution >= 0.6 is 27.3 Å². The smallest absolute Gasteiger partial charge is 0.270 e. The summed E-state index contributed by atoms with van der Waals surface area (Å²) in [6, 6.07) is 11.2. The monoisotopic (exact) mass is 450 g/mol. The van der Waals surface area contributed by atoms with Crippen molar-refractivity contribution >= 4 is 44.7 Å². The first-order chi connectivity index (χ1) is 13.6. The number of nitriles is 1. The Balaban J connectivity index is 2.00. The molecule has 0 fully saturated rings. The van der Waals surface area contributed by atoms with Crippen LogP contribution in [-0.2, 0) is 6.42 Å². The van der Waals surface area contributed by atoms with Crippen LogP contribution in [0.25, 0.3) is 16.5 Å². The van der Waals surface area contributed by atoms with Gasteiger partial charge in [0.1, 0.15) is 0 Å². The van der Waals surface area contributed by atoms with Crippen molar-refractivity contribution in [1.82, 2.24) is 0 Å². The maximum Gasteiger partial charge on any atom is 0.270 e. The lowest BCUT2D eigenvalue weighted by atomic mass is 10.0. The van der Waals surface area contributed by atoms with Crippen LogP contribution in [-0.4, -0.2) is 5.78 Å². The minimum Gasteiger partial charge on any atom is -0.289 e. The number of allylic oxidation sites excluding steroid dienone is 3. The minimum absolute atomic E-state index is 0.0417. The number of halogens is 1. The van der Waals surface area contributed by atoms with Gasteiger partial charge < -0.3 is 0 Å². The van der Waals surface area contributed by atoms with Gasteiger partial charge in [0, 0.05) is 21.6 Å². The molecule has 0 radical (unpaired) electrons. The topological polar surface area (TPSA) is 45.2 Å². The first-order valence-corrected chi connectivity index (χ1v) is 10.9. The van der Waals surface area contributed by atoms with Crippen molar-refractivity contribution in [3.63, 3.8) is 0 Å². The zero-order chi connectivity index (χ0) is 20.1. The van der Waals surface area contributed by atoms with Gasteiger partial charge in [-0.05, 0) is 52.0 Å². The molecule has 1 aliphatic rings. The van der Waals surface area contributed by atoms with Gasteiger partial charge in [-0.25, -0.2) is 10.1 Å². The summed E-state index contributed by atoms with van der Waals surface area (Å²) in [6.07, 6.45) is 7.64. The average Bonchev–Trinajstić information content (AvgIpc) is 3.19. The number of carbonyl (C=O) groups is 1. The number of aryl methyl sites for hydroxylation is 1. The minimum atomic E-state index is -0.129. The summed E-state index contributed by atoms with van der Waals surface area (Å²) in [7, 11) is 0. The Labute approximate surface area is 178 Å². The van der Waals surface area contributed by atoms with Gasteiger partial charge in [0.25, 0.3) is 5.70 Å². The maximum absolute atomic E-state index is 13.0. The third-order valence-corrected chi connectivity index (χ3v) is 6.68. The van der Waals surface area contributed by atoms with Gasteiger partial charge in [-0.1, -0.05) is 50.5 Å². The van der Waals surface area contributed by atoms with E-state index in [-0.39, 0.29) is 11.5 Å². The van der Waals surface area contributed by atoms with Crippen LogP contribution in [0.5, 0.6) is 0 Å². The van der Waals surface area contributed by atoms with Crippen LogP contribution in [0.15, 0.2) is 45.4 Å². The van der Waals surface area contributed by atoms with E-state index in [4.69, 9.17) is 6.57 Å². The fourth-order valence-corrected chi connectivity index (χ4v) is 5.14. The molecule has 0 aliphatic heterocycles. The predicted octanol–water partition coefficient (Wildman–Crippen LogP) is 7.07. The van der Waals surface area contributed by atoms with E-state index in [0.29, 0.717) is 22.3 Å². The third-order valence-electron chi connectivity index (χ3n) is 4.77.